The van der Waals surface area contributed by atoms with Gasteiger partial charge in [-0.3, -0.25) is 9.59 Å². The average molecular weight is 643 g/mol. The number of alkyl halides is 3. The predicted octanol–water partition coefficient (Wildman–Crippen LogP) is 3.78. The second kappa shape index (κ2) is 14.0. The number of rotatable bonds is 9. The lowest BCUT2D eigenvalue weighted by Gasteiger charge is -2.32. The summed E-state index contributed by atoms with van der Waals surface area (Å²) < 4.78 is 71.8. The molecular formula is C28H33F3N4O6S2. The van der Waals surface area contributed by atoms with Crippen molar-refractivity contribution in [2.24, 2.45) is 5.92 Å². The van der Waals surface area contributed by atoms with Gasteiger partial charge in [-0.1, -0.05) is 0 Å². The van der Waals surface area contributed by atoms with E-state index in [-0.39, 0.29) is 22.9 Å². The molecule has 2 aliphatic heterocycles. The third-order valence-corrected chi connectivity index (χ3v) is 9.93. The van der Waals surface area contributed by atoms with Crippen LogP contribution in [0, 0.1) is 5.92 Å². The number of benzene rings is 2. The molecule has 2 aromatic carbocycles. The number of sulfone groups is 1. The Morgan fingerprint density at radius 1 is 1.07 bits per heavy atom. The number of carbonyl (C=O) groups excluding carboxylic acids is 3. The normalized spacial score (nSPS) is 19.1. The molecule has 0 radical (unpaired) electrons. The molecule has 234 valence electrons. The molecule has 0 spiro atoms. The van der Waals surface area contributed by atoms with Gasteiger partial charge in [-0.25, -0.2) is 13.2 Å². The molecule has 2 aromatic rings. The number of amides is 4. The highest BCUT2D eigenvalue weighted by Crippen LogP contribution is 2.32. The van der Waals surface area contributed by atoms with Gasteiger partial charge in [-0.2, -0.15) is 13.2 Å². The van der Waals surface area contributed by atoms with Gasteiger partial charge < -0.3 is 25.6 Å². The fraction of sp³-hybridized carbons (Fsp3) is 0.464. The largest absolute Gasteiger partial charge is 0.416 e. The number of hydrogen-bond donors (Lipinski definition) is 3. The van der Waals surface area contributed by atoms with Crippen LogP contribution in [0.2, 0.25) is 0 Å². The predicted molar refractivity (Wildman–Crippen MR) is 155 cm³/mol. The molecular weight excluding hydrogens is 609 g/mol. The third-order valence-electron chi connectivity index (χ3n) is 7.33. The lowest BCUT2D eigenvalue weighted by Crippen LogP contribution is -2.51. The first-order chi connectivity index (χ1) is 20.4. The molecule has 2 aliphatic rings. The molecule has 0 saturated carbocycles. The van der Waals surface area contributed by atoms with E-state index in [1.165, 1.54) is 16.7 Å². The lowest BCUT2D eigenvalue weighted by atomic mass is 9.97. The van der Waals surface area contributed by atoms with E-state index in [2.05, 4.69) is 16.0 Å². The number of nitrogens with zero attached hydrogens (tertiary/aromatic N) is 1. The highest BCUT2D eigenvalue weighted by atomic mass is 32.2. The van der Waals surface area contributed by atoms with E-state index >= 15 is 0 Å². The Hall–Kier alpha value is -3.30. The topological polar surface area (TPSA) is 134 Å². The van der Waals surface area contributed by atoms with Crippen LogP contribution in [0.15, 0.2) is 52.3 Å². The first-order valence-corrected chi connectivity index (χ1v) is 16.5. The van der Waals surface area contributed by atoms with Crippen LogP contribution in [0.3, 0.4) is 0 Å². The summed E-state index contributed by atoms with van der Waals surface area (Å²) in [5.74, 6) is -2.36. The number of hydrogen-bond acceptors (Lipinski definition) is 7. The van der Waals surface area contributed by atoms with Crippen molar-refractivity contribution in [3.8, 4) is 0 Å². The SMILES string of the molecule is CSc1ccc(S(=O)(=O)C[C@@H]2CCOC[C@@H]2NC(=O)CNC(=O)c2cc(C(F)(F)F)ccc2NC(=O)N2CCCC2)cc1. The molecule has 2 atom stereocenters. The van der Waals surface area contributed by atoms with Crippen LogP contribution in [0.4, 0.5) is 23.7 Å². The zero-order valence-electron chi connectivity index (χ0n) is 23.4. The van der Waals surface area contributed by atoms with Crippen molar-refractivity contribution in [3.05, 3.63) is 53.6 Å². The quantitative estimate of drug-likeness (QED) is 0.355. The highest BCUT2D eigenvalue weighted by Gasteiger charge is 2.34. The highest BCUT2D eigenvalue weighted by molar-refractivity contribution is 7.98. The van der Waals surface area contributed by atoms with E-state index in [0.29, 0.717) is 32.2 Å². The van der Waals surface area contributed by atoms with Gasteiger partial charge in [0.05, 0.1) is 46.7 Å². The monoisotopic (exact) mass is 642 g/mol. The number of carbonyl (C=O) groups is 3. The Labute approximate surface area is 252 Å². The van der Waals surface area contributed by atoms with Gasteiger partial charge in [0.2, 0.25) is 5.91 Å². The Bertz CT molecular complexity index is 1430. The van der Waals surface area contributed by atoms with Gasteiger partial charge in [-0.05, 0) is 73.9 Å². The van der Waals surface area contributed by atoms with Crippen LogP contribution in [0.1, 0.15) is 35.2 Å². The number of halogens is 3. The summed E-state index contributed by atoms with van der Waals surface area (Å²) in [6.07, 6.45) is -0.881. The minimum atomic E-state index is -4.74. The number of likely N-dealkylation sites (tertiary alicyclic amines) is 1. The van der Waals surface area contributed by atoms with E-state index in [0.717, 1.165) is 29.9 Å². The van der Waals surface area contributed by atoms with Crippen LogP contribution >= 0.6 is 11.8 Å². The molecule has 4 amide bonds. The molecule has 43 heavy (non-hydrogen) atoms. The minimum absolute atomic E-state index is 0.0611. The molecule has 0 unspecified atom stereocenters. The number of nitrogens with one attached hydrogen (secondary N) is 3. The standard InChI is InChI=1S/C28H33F3N4O6S2/c1-42-20-5-7-21(8-6-20)43(39,40)17-18-10-13-41-16-24(18)33-25(36)15-32-26(37)22-14-19(28(29,30)31)4-9-23(22)34-27(38)35-11-2-3-12-35/h4-9,14,18,24H,2-3,10-13,15-17H2,1H3,(H,32,37)(H,33,36)(H,34,38)/t18-,24-/m0/s1. The zero-order valence-corrected chi connectivity index (χ0v) is 25.0. The van der Waals surface area contributed by atoms with Gasteiger partial charge in [0.1, 0.15) is 0 Å². The summed E-state index contributed by atoms with van der Waals surface area (Å²) in [5, 5.41) is 7.49. The average Bonchev–Trinajstić information content (AvgIpc) is 3.52. The van der Waals surface area contributed by atoms with Crippen molar-refractivity contribution in [1.29, 1.82) is 0 Å². The van der Waals surface area contributed by atoms with Crippen LogP contribution in [-0.4, -0.2) is 82.1 Å². The maximum absolute atomic E-state index is 13.4. The first kappa shape index (κ1) is 32.6. The number of ether oxygens (including phenoxy) is 1. The molecule has 0 aromatic heterocycles. The van der Waals surface area contributed by atoms with Crippen molar-refractivity contribution in [2.75, 3.05) is 50.2 Å². The van der Waals surface area contributed by atoms with Crippen molar-refractivity contribution in [1.82, 2.24) is 15.5 Å². The van der Waals surface area contributed by atoms with Gasteiger partial charge in [-0.15, -0.1) is 11.8 Å². The summed E-state index contributed by atoms with van der Waals surface area (Å²) in [6.45, 7) is 0.764. The van der Waals surface area contributed by atoms with Crippen LogP contribution in [0.25, 0.3) is 0 Å². The third kappa shape index (κ3) is 8.63. The van der Waals surface area contributed by atoms with Crippen LogP contribution in [0.5, 0.6) is 0 Å². The van der Waals surface area contributed by atoms with Crippen molar-refractivity contribution < 1.29 is 40.7 Å². The number of urea groups is 1. The molecule has 2 heterocycles. The fourth-order valence-electron chi connectivity index (χ4n) is 4.95. The molecule has 2 saturated heterocycles. The van der Waals surface area contributed by atoms with Gasteiger partial charge in [0.15, 0.2) is 9.84 Å². The first-order valence-electron chi connectivity index (χ1n) is 13.7. The zero-order chi connectivity index (χ0) is 31.2. The van der Waals surface area contributed by atoms with Crippen LogP contribution in [-0.2, 0) is 25.5 Å². The number of thioether (sulfide) groups is 1. The molecule has 4 rings (SSSR count). The second-order valence-electron chi connectivity index (χ2n) is 10.3. The van der Waals surface area contributed by atoms with E-state index < -0.39 is 63.5 Å². The summed E-state index contributed by atoms with van der Waals surface area (Å²) in [4.78, 5) is 40.9. The van der Waals surface area contributed by atoms with E-state index in [9.17, 15) is 36.0 Å². The Kier molecular flexibility index (Phi) is 10.6. The molecule has 2 fully saturated rings. The van der Waals surface area contributed by atoms with Gasteiger partial charge in [0, 0.05) is 24.6 Å². The number of anilines is 1. The van der Waals surface area contributed by atoms with Crippen molar-refractivity contribution in [2.45, 2.75) is 41.3 Å². The molecule has 15 heteroatoms. The fourth-order valence-corrected chi connectivity index (χ4v) is 7.06. The van der Waals surface area contributed by atoms with Crippen LogP contribution < -0.4 is 16.0 Å². The van der Waals surface area contributed by atoms with Gasteiger partial charge >= 0.3 is 12.2 Å². The molecule has 10 nitrogen and oxygen atoms in total. The summed E-state index contributed by atoms with van der Waals surface area (Å²) in [5.41, 5.74) is -1.67. The van der Waals surface area contributed by atoms with E-state index in [4.69, 9.17) is 4.74 Å². The Morgan fingerprint density at radius 2 is 1.77 bits per heavy atom. The van der Waals surface area contributed by atoms with Crippen molar-refractivity contribution in [3.63, 3.8) is 0 Å². The van der Waals surface area contributed by atoms with E-state index in [1.807, 2.05) is 6.26 Å². The Balaban J connectivity index is 1.40. The molecule has 0 bridgehead atoms. The Morgan fingerprint density at radius 3 is 2.42 bits per heavy atom. The second-order valence-corrected chi connectivity index (χ2v) is 13.2. The molecule has 0 aliphatic carbocycles. The van der Waals surface area contributed by atoms with E-state index in [1.54, 1.807) is 24.3 Å². The minimum Gasteiger partial charge on any atom is -0.379 e. The maximum atomic E-state index is 13.4. The van der Waals surface area contributed by atoms with Crippen molar-refractivity contribution >= 4 is 45.1 Å². The molecule has 3 N–H and O–H groups in total. The summed E-state index contributed by atoms with van der Waals surface area (Å²) >= 11 is 1.49. The smallest absolute Gasteiger partial charge is 0.379 e. The lowest BCUT2D eigenvalue weighted by molar-refractivity contribution is -0.137. The maximum Gasteiger partial charge on any atom is 0.416 e. The van der Waals surface area contributed by atoms with Gasteiger partial charge in [0.25, 0.3) is 5.91 Å². The summed E-state index contributed by atoms with van der Waals surface area (Å²) in [6, 6.07) is 7.70. The summed E-state index contributed by atoms with van der Waals surface area (Å²) in [7, 11) is -3.67.